The molecule has 0 aliphatic heterocycles. The molecule has 2 rings (SSSR count). The quantitative estimate of drug-likeness (QED) is 0.478. The Morgan fingerprint density at radius 2 is 1.69 bits per heavy atom. The summed E-state index contributed by atoms with van der Waals surface area (Å²) in [4.78, 5) is 41.2. The molecule has 0 radical (unpaired) electrons. The highest BCUT2D eigenvalue weighted by Crippen LogP contribution is 2.26. The van der Waals surface area contributed by atoms with E-state index in [9.17, 15) is 14.4 Å². The molecule has 0 heterocycles. The van der Waals surface area contributed by atoms with E-state index in [1.807, 2.05) is 68.6 Å². The number of carbonyl (C=O) groups excluding carboxylic acids is 3. The summed E-state index contributed by atoms with van der Waals surface area (Å²) in [6.07, 6.45) is 1.69. The van der Waals surface area contributed by atoms with Gasteiger partial charge in [0.25, 0.3) is 0 Å². The van der Waals surface area contributed by atoms with E-state index >= 15 is 0 Å². The third-order valence-electron chi connectivity index (χ3n) is 5.83. The van der Waals surface area contributed by atoms with Crippen molar-refractivity contribution >= 4 is 29.7 Å². The van der Waals surface area contributed by atoms with Gasteiger partial charge in [0.15, 0.2) is 0 Å². The van der Waals surface area contributed by atoms with Gasteiger partial charge in [-0.2, -0.15) is 11.8 Å². The molecule has 0 saturated heterocycles. The highest BCUT2D eigenvalue weighted by molar-refractivity contribution is 7.98. The van der Waals surface area contributed by atoms with Crippen LogP contribution in [-0.2, 0) is 20.9 Å². The van der Waals surface area contributed by atoms with Crippen molar-refractivity contribution in [2.45, 2.75) is 65.3 Å². The molecule has 0 bridgehead atoms. The highest BCUT2D eigenvalue weighted by Gasteiger charge is 2.34. The van der Waals surface area contributed by atoms with E-state index < -0.39 is 23.8 Å². The van der Waals surface area contributed by atoms with Crippen LogP contribution >= 0.6 is 11.8 Å². The van der Waals surface area contributed by atoms with Gasteiger partial charge >= 0.3 is 6.09 Å². The Balaban J connectivity index is 2.35. The molecule has 0 aliphatic carbocycles. The number of alkyl carbamates (subject to hydrolysis) is 1. The van der Waals surface area contributed by atoms with Crippen molar-refractivity contribution in [3.8, 4) is 0 Å². The van der Waals surface area contributed by atoms with Crippen LogP contribution < -0.4 is 10.6 Å². The van der Waals surface area contributed by atoms with Crippen molar-refractivity contribution in [3.05, 3.63) is 70.8 Å². The maximum atomic E-state index is 13.7. The molecular weight excluding hydrogens is 474 g/mol. The molecule has 0 fully saturated rings. The number of thioether (sulfide) groups is 1. The smallest absolute Gasteiger partial charge is 0.408 e. The van der Waals surface area contributed by atoms with Crippen LogP contribution in [0.4, 0.5) is 4.79 Å². The van der Waals surface area contributed by atoms with Crippen LogP contribution in [0.25, 0.3) is 0 Å². The van der Waals surface area contributed by atoms with Crippen LogP contribution in [0.3, 0.4) is 0 Å². The van der Waals surface area contributed by atoms with Crippen molar-refractivity contribution in [1.82, 2.24) is 15.5 Å². The Labute approximate surface area is 219 Å². The van der Waals surface area contributed by atoms with Crippen molar-refractivity contribution in [1.29, 1.82) is 0 Å². The second-order valence-corrected chi connectivity index (χ2v) is 10.8. The van der Waals surface area contributed by atoms with Gasteiger partial charge in [-0.1, -0.05) is 48.5 Å². The molecule has 2 aromatic rings. The summed E-state index contributed by atoms with van der Waals surface area (Å²) >= 11 is 1.58. The Morgan fingerprint density at radius 1 is 1.03 bits per heavy atom. The molecule has 0 aliphatic rings. The minimum Gasteiger partial charge on any atom is -0.444 e. The third-order valence-corrected chi connectivity index (χ3v) is 6.48. The number of benzene rings is 2. The lowest BCUT2D eigenvalue weighted by Gasteiger charge is -2.32. The summed E-state index contributed by atoms with van der Waals surface area (Å²) < 4.78 is 5.39. The number of aryl methyl sites for hydroxylation is 1. The van der Waals surface area contributed by atoms with Gasteiger partial charge in [0.05, 0.1) is 0 Å². The molecule has 2 aromatic carbocycles. The summed E-state index contributed by atoms with van der Waals surface area (Å²) in [6.45, 7) is 9.58. The molecule has 36 heavy (non-hydrogen) atoms. The molecule has 7 nitrogen and oxygen atoms in total. The first-order chi connectivity index (χ1) is 16.9. The van der Waals surface area contributed by atoms with E-state index in [0.29, 0.717) is 18.7 Å². The van der Waals surface area contributed by atoms with E-state index in [-0.39, 0.29) is 11.8 Å². The molecule has 0 saturated carbocycles. The van der Waals surface area contributed by atoms with Gasteiger partial charge in [0.2, 0.25) is 11.8 Å². The number of amides is 3. The van der Waals surface area contributed by atoms with Crippen LogP contribution in [0, 0.1) is 13.8 Å². The number of likely N-dealkylation sites (N-methyl/N-ethyl adjacent to an activating group) is 1. The molecule has 3 amide bonds. The van der Waals surface area contributed by atoms with Crippen LogP contribution in [0.1, 0.15) is 55.5 Å². The maximum absolute atomic E-state index is 13.7. The lowest BCUT2D eigenvalue weighted by molar-refractivity contribution is -0.141. The number of hydrogen-bond donors (Lipinski definition) is 2. The number of carbonyl (C=O) groups is 3. The molecule has 2 unspecified atom stereocenters. The molecular formula is C28H39N3O4S. The second-order valence-electron chi connectivity index (χ2n) is 9.82. The molecule has 2 atom stereocenters. The van der Waals surface area contributed by atoms with Gasteiger partial charge < -0.3 is 20.3 Å². The zero-order valence-electron chi connectivity index (χ0n) is 22.4. The van der Waals surface area contributed by atoms with E-state index in [1.165, 1.54) is 4.90 Å². The molecule has 196 valence electrons. The summed E-state index contributed by atoms with van der Waals surface area (Å²) in [5.41, 5.74) is 2.99. The van der Waals surface area contributed by atoms with Crippen molar-refractivity contribution < 1.29 is 19.1 Å². The van der Waals surface area contributed by atoms with Gasteiger partial charge in [0, 0.05) is 13.6 Å². The first kappa shape index (κ1) is 29.2. The van der Waals surface area contributed by atoms with Gasteiger partial charge in [0.1, 0.15) is 17.7 Å². The minimum absolute atomic E-state index is 0.288. The maximum Gasteiger partial charge on any atom is 0.408 e. The predicted molar refractivity (Wildman–Crippen MR) is 146 cm³/mol. The van der Waals surface area contributed by atoms with Crippen LogP contribution in [0.5, 0.6) is 0 Å². The fraction of sp³-hybridized carbons (Fsp3) is 0.464. The van der Waals surface area contributed by atoms with Gasteiger partial charge in [-0.15, -0.1) is 0 Å². The fourth-order valence-corrected chi connectivity index (χ4v) is 4.26. The average molecular weight is 514 g/mol. The topological polar surface area (TPSA) is 87.7 Å². The van der Waals surface area contributed by atoms with Gasteiger partial charge in [-0.25, -0.2) is 4.79 Å². The number of nitrogens with one attached hydrogen (secondary N) is 2. The standard InChI is InChI=1S/C28H39N3O4S/c1-19-12-11-15-22(20(19)2)24(25(32)29-18-21-13-9-8-10-14-21)31(6)26(33)23(16-17-36-7)30-27(34)35-28(3,4)5/h8-15,23-24H,16-18H2,1-7H3,(H,29,32)(H,30,34). The lowest BCUT2D eigenvalue weighted by Crippen LogP contribution is -2.52. The molecule has 2 N–H and O–H groups in total. The summed E-state index contributed by atoms with van der Waals surface area (Å²) in [6, 6.07) is 13.7. The molecule has 0 spiro atoms. The van der Waals surface area contributed by atoms with Crippen LogP contribution in [0.15, 0.2) is 48.5 Å². The predicted octanol–water partition coefficient (Wildman–Crippen LogP) is 4.77. The first-order valence-corrected chi connectivity index (χ1v) is 13.5. The SMILES string of the molecule is CSCCC(NC(=O)OC(C)(C)C)C(=O)N(C)C(C(=O)NCc1ccccc1)c1cccc(C)c1C. The Hall–Kier alpha value is -3.00. The lowest BCUT2D eigenvalue weighted by atomic mass is 9.95. The van der Waals surface area contributed by atoms with E-state index in [4.69, 9.17) is 4.74 Å². The zero-order chi connectivity index (χ0) is 26.9. The molecule has 0 aromatic heterocycles. The third kappa shape index (κ3) is 8.59. The van der Waals surface area contributed by atoms with E-state index in [1.54, 1.807) is 39.6 Å². The minimum atomic E-state index is -0.863. The average Bonchev–Trinajstić information content (AvgIpc) is 2.82. The first-order valence-electron chi connectivity index (χ1n) is 12.1. The highest BCUT2D eigenvalue weighted by atomic mass is 32.2. The van der Waals surface area contributed by atoms with E-state index in [0.717, 1.165) is 22.3 Å². The van der Waals surface area contributed by atoms with Crippen molar-refractivity contribution in [2.24, 2.45) is 0 Å². The summed E-state index contributed by atoms with van der Waals surface area (Å²) in [5, 5.41) is 5.71. The Morgan fingerprint density at radius 3 is 2.31 bits per heavy atom. The second kappa shape index (κ2) is 13.3. The summed E-state index contributed by atoms with van der Waals surface area (Å²) in [5.74, 6) is 0.0222. The Kier molecular flexibility index (Phi) is 10.8. The van der Waals surface area contributed by atoms with Gasteiger partial charge in [-0.05, 0) is 75.3 Å². The Bertz CT molecular complexity index is 1040. The van der Waals surface area contributed by atoms with Crippen molar-refractivity contribution in [2.75, 3.05) is 19.1 Å². The monoisotopic (exact) mass is 513 g/mol. The fourth-order valence-electron chi connectivity index (χ4n) is 3.79. The number of hydrogen-bond acceptors (Lipinski definition) is 5. The number of nitrogens with zero attached hydrogens (tertiary/aromatic N) is 1. The molecule has 8 heteroatoms. The summed E-state index contributed by atoms with van der Waals surface area (Å²) in [7, 11) is 1.61. The van der Waals surface area contributed by atoms with Crippen LogP contribution in [0.2, 0.25) is 0 Å². The van der Waals surface area contributed by atoms with Crippen molar-refractivity contribution in [3.63, 3.8) is 0 Å². The zero-order valence-corrected chi connectivity index (χ0v) is 23.2. The van der Waals surface area contributed by atoms with Gasteiger partial charge in [-0.3, -0.25) is 9.59 Å². The normalized spacial score (nSPS) is 12.9. The van der Waals surface area contributed by atoms with E-state index in [2.05, 4.69) is 10.6 Å². The largest absolute Gasteiger partial charge is 0.444 e. The number of rotatable bonds is 10. The number of ether oxygens (including phenoxy) is 1. The van der Waals surface area contributed by atoms with Crippen LogP contribution in [-0.4, -0.2) is 53.5 Å².